The molecule has 1 heterocycles. The summed E-state index contributed by atoms with van der Waals surface area (Å²) < 4.78 is 15.6. The molecule has 2 aromatic rings. The van der Waals surface area contributed by atoms with Crippen molar-refractivity contribution in [3.8, 4) is 11.5 Å². The molecule has 2 aromatic carbocycles. The van der Waals surface area contributed by atoms with Crippen molar-refractivity contribution in [2.75, 3.05) is 44.2 Å². The maximum Gasteiger partial charge on any atom is 0.229 e. The van der Waals surface area contributed by atoms with Crippen molar-refractivity contribution in [2.45, 2.75) is 6.42 Å². The van der Waals surface area contributed by atoms with Gasteiger partial charge in [0.2, 0.25) is 11.8 Å². The molecule has 0 radical (unpaired) electrons. The van der Waals surface area contributed by atoms with Crippen LogP contribution in [0.25, 0.3) is 0 Å². The van der Waals surface area contributed by atoms with Gasteiger partial charge >= 0.3 is 0 Å². The third-order valence-electron chi connectivity index (χ3n) is 4.56. The predicted molar refractivity (Wildman–Crippen MR) is 106 cm³/mol. The zero-order valence-electron chi connectivity index (χ0n) is 16.0. The first kappa shape index (κ1) is 19.7. The van der Waals surface area contributed by atoms with E-state index in [1.54, 1.807) is 55.5 Å². The fraction of sp³-hybridized carbons (Fsp3) is 0.333. The Morgan fingerprint density at radius 1 is 1.04 bits per heavy atom. The van der Waals surface area contributed by atoms with Gasteiger partial charge < -0.3 is 24.4 Å². The quantitative estimate of drug-likeness (QED) is 0.708. The summed E-state index contributed by atoms with van der Waals surface area (Å²) in [5, 5.41) is 2.87. The lowest BCUT2D eigenvalue weighted by atomic mass is 10.1. The summed E-state index contributed by atoms with van der Waals surface area (Å²) >= 11 is 0. The van der Waals surface area contributed by atoms with Crippen LogP contribution in [0, 0.1) is 5.92 Å². The topological polar surface area (TPSA) is 77.1 Å². The maximum absolute atomic E-state index is 12.6. The second-order valence-corrected chi connectivity index (χ2v) is 6.46. The average molecular weight is 384 g/mol. The SMILES string of the molecule is COCCOc1ccc(NC(=O)C2CC(=O)N(c3ccc(OC)cc3)C2)cc1. The number of carbonyl (C=O) groups is 2. The Morgan fingerprint density at radius 3 is 2.36 bits per heavy atom. The Kier molecular flexibility index (Phi) is 6.49. The number of amides is 2. The summed E-state index contributed by atoms with van der Waals surface area (Å²) in [6.45, 7) is 1.34. The molecule has 3 rings (SSSR count). The molecule has 1 fully saturated rings. The fourth-order valence-electron chi connectivity index (χ4n) is 3.02. The zero-order chi connectivity index (χ0) is 19.9. The van der Waals surface area contributed by atoms with Crippen LogP contribution in [-0.4, -0.2) is 45.8 Å². The van der Waals surface area contributed by atoms with Gasteiger partial charge in [-0.15, -0.1) is 0 Å². The summed E-state index contributed by atoms with van der Waals surface area (Å²) in [7, 11) is 3.21. The maximum atomic E-state index is 12.6. The van der Waals surface area contributed by atoms with Crippen LogP contribution < -0.4 is 19.7 Å². The number of nitrogens with zero attached hydrogens (tertiary/aromatic N) is 1. The first-order valence-electron chi connectivity index (χ1n) is 9.08. The molecule has 1 N–H and O–H groups in total. The number of rotatable bonds is 8. The van der Waals surface area contributed by atoms with E-state index < -0.39 is 5.92 Å². The third-order valence-corrected chi connectivity index (χ3v) is 4.56. The third kappa shape index (κ3) is 4.80. The summed E-state index contributed by atoms with van der Waals surface area (Å²) in [6.07, 6.45) is 0.191. The van der Waals surface area contributed by atoms with Gasteiger partial charge in [0.25, 0.3) is 0 Å². The van der Waals surface area contributed by atoms with Crippen molar-refractivity contribution in [3.63, 3.8) is 0 Å². The Labute approximate surface area is 164 Å². The van der Waals surface area contributed by atoms with Gasteiger partial charge in [-0.2, -0.15) is 0 Å². The molecule has 1 aliphatic heterocycles. The van der Waals surface area contributed by atoms with Gasteiger partial charge in [0.15, 0.2) is 0 Å². The lowest BCUT2D eigenvalue weighted by Crippen LogP contribution is -2.28. The number of hydrogen-bond acceptors (Lipinski definition) is 5. The van der Waals surface area contributed by atoms with E-state index in [1.165, 1.54) is 0 Å². The van der Waals surface area contributed by atoms with E-state index in [0.29, 0.717) is 31.2 Å². The highest BCUT2D eigenvalue weighted by Gasteiger charge is 2.35. The van der Waals surface area contributed by atoms with E-state index in [0.717, 1.165) is 11.4 Å². The van der Waals surface area contributed by atoms with Gasteiger partial charge in [0.05, 0.1) is 19.6 Å². The molecular weight excluding hydrogens is 360 g/mol. The lowest BCUT2D eigenvalue weighted by Gasteiger charge is -2.17. The smallest absolute Gasteiger partial charge is 0.229 e. The zero-order valence-corrected chi connectivity index (χ0v) is 16.0. The Morgan fingerprint density at radius 2 is 1.71 bits per heavy atom. The molecule has 0 bridgehead atoms. The van der Waals surface area contributed by atoms with E-state index in [4.69, 9.17) is 14.2 Å². The van der Waals surface area contributed by atoms with Gasteiger partial charge in [-0.1, -0.05) is 0 Å². The Bertz CT molecular complexity index is 805. The monoisotopic (exact) mass is 384 g/mol. The summed E-state index contributed by atoms with van der Waals surface area (Å²) in [5.41, 5.74) is 1.43. The number of nitrogens with one attached hydrogen (secondary N) is 1. The van der Waals surface area contributed by atoms with Crippen LogP contribution >= 0.6 is 0 Å². The largest absolute Gasteiger partial charge is 0.497 e. The van der Waals surface area contributed by atoms with Crippen molar-refractivity contribution in [1.29, 1.82) is 0 Å². The predicted octanol–water partition coefficient (Wildman–Crippen LogP) is 2.71. The standard InChI is InChI=1S/C21H24N2O5/c1-26-11-12-28-19-7-3-16(4-8-19)22-21(25)15-13-20(24)23(14-15)17-5-9-18(27-2)10-6-17/h3-10,15H,11-14H2,1-2H3,(H,22,25). The molecule has 2 amide bonds. The molecule has 0 saturated carbocycles. The van der Waals surface area contributed by atoms with E-state index in [-0.39, 0.29) is 18.2 Å². The first-order valence-corrected chi connectivity index (χ1v) is 9.08. The lowest BCUT2D eigenvalue weighted by molar-refractivity contribution is -0.122. The van der Waals surface area contributed by atoms with Crippen LogP contribution in [0.4, 0.5) is 11.4 Å². The number of hydrogen-bond donors (Lipinski definition) is 1. The van der Waals surface area contributed by atoms with E-state index in [9.17, 15) is 9.59 Å². The molecule has 7 heteroatoms. The molecule has 1 saturated heterocycles. The van der Waals surface area contributed by atoms with Crippen LogP contribution in [0.5, 0.6) is 11.5 Å². The van der Waals surface area contributed by atoms with Gasteiger partial charge in [0, 0.05) is 31.5 Å². The van der Waals surface area contributed by atoms with E-state index in [2.05, 4.69) is 5.32 Å². The summed E-state index contributed by atoms with van der Waals surface area (Å²) in [5.74, 6) is 0.799. The summed E-state index contributed by atoms with van der Waals surface area (Å²) in [6, 6.07) is 14.4. The highest BCUT2D eigenvalue weighted by Crippen LogP contribution is 2.27. The first-order chi connectivity index (χ1) is 13.6. The molecule has 0 aliphatic carbocycles. The van der Waals surface area contributed by atoms with Crippen molar-refractivity contribution in [2.24, 2.45) is 5.92 Å². The average Bonchev–Trinajstić information content (AvgIpc) is 3.11. The molecular formula is C21H24N2O5. The number of benzene rings is 2. The number of anilines is 2. The molecule has 7 nitrogen and oxygen atoms in total. The number of methoxy groups -OCH3 is 2. The van der Waals surface area contributed by atoms with Crippen LogP contribution in [0.1, 0.15) is 6.42 Å². The van der Waals surface area contributed by atoms with Crippen molar-refractivity contribution in [3.05, 3.63) is 48.5 Å². The van der Waals surface area contributed by atoms with Gasteiger partial charge in [0.1, 0.15) is 18.1 Å². The molecule has 1 aliphatic rings. The second-order valence-electron chi connectivity index (χ2n) is 6.46. The van der Waals surface area contributed by atoms with Crippen LogP contribution in [0.15, 0.2) is 48.5 Å². The van der Waals surface area contributed by atoms with Crippen molar-refractivity contribution in [1.82, 2.24) is 0 Å². The minimum atomic E-state index is -0.396. The van der Waals surface area contributed by atoms with Crippen molar-refractivity contribution >= 4 is 23.2 Å². The van der Waals surface area contributed by atoms with Crippen LogP contribution in [0.2, 0.25) is 0 Å². The highest BCUT2D eigenvalue weighted by molar-refractivity contribution is 6.03. The minimum absolute atomic E-state index is 0.0628. The second kappa shape index (κ2) is 9.23. The summed E-state index contributed by atoms with van der Waals surface area (Å²) in [4.78, 5) is 26.6. The van der Waals surface area contributed by atoms with Gasteiger partial charge in [-0.25, -0.2) is 0 Å². The van der Waals surface area contributed by atoms with E-state index >= 15 is 0 Å². The molecule has 148 valence electrons. The van der Waals surface area contributed by atoms with Crippen molar-refractivity contribution < 1.29 is 23.8 Å². The fourth-order valence-corrected chi connectivity index (χ4v) is 3.02. The molecule has 1 unspecified atom stereocenters. The molecule has 0 aromatic heterocycles. The number of ether oxygens (including phenoxy) is 3. The van der Waals surface area contributed by atoms with Gasteiger partial charge in [-0.05, 0) is 48.5 Å². The molecule has 1 atom stereocenters. The van der Waals surface area contributed by atoms with Crippen LogP contribution in [-0.2, 0) is 14.3 Å². The Balaban J connectivity index is 1.56. The normalized spacial score (nSPS) is 16.1. The Hall–Kier alpha value is -3.06. The van der Waals surface area contributed by atoms with E-state index in [1.807, 2.05) is 12.1 Å². The number of carbonyl (C=O) groups excluding carboxylic acids is 2. The highest BCUT2D eigenvalue weighted by atomic mass is 16.5. The molecule has 28 heavy (non-hydrogen) atoms. The van der Waals surface area contributed by atoms with Gasteiger partial charge in [-0.3, -0.25) is 9.59 Å². The van der Waals surface area contributed by atoms with Crippen LogP contribution in [0.3, 0.4) is 0 Å². The minimum Gasteiger partial charge on any atom is -0.497 e. The molecule has 0 spiro atoms.